The third kappa shape index (κ3) is 2.70. The van der Waals surface area contributed by atoms with Crippen LogP contribution in [0.25, 0.3) is 0 Å². The molecule has 0 saturated carbocycles. The van der Waals surface area contributed by atoms with Crippen molar-refractivity contribution in [1.29, 1.82) is 0 Å². The van der Waals surface area contributed by atoms with Gasteiger partial charge in [0.15, 0.2) is 11.5 Å². The number of amides is 1. The van der Waals surface area contributed by atoms with Crippen LogP contribution in [-0.4, -0.2) is 43.2 Å². The molecule has 2 rings (SSSR count). The lowest BCUT2D eigenvalue weighted by atomic mass is 10.2. The maximum Gasteiger partial charge on any atom is 0.234 e. The van der Waals surface area contributed by atoms with Crippen molar-refractivity contribution in [2.24, 2.45) is 5.73 Å². The normalized spacial score (nSPS) is 20.3. The molecule has 2 N–H and O–H groups in total. The first-order valence-electron chi connectivity index (χ1n) is 5.43. The molecule has 1 amide bonds. The highest BCUT2D eigenvalue weighted by atomic mass is 32.1. The minimum atomic E-state index is -0.333. The maximum absolute atomic E-state index is 11.0. The lowest BCUT2D eigenvalue weighted by Gasteiger charge is -2.30. The fourth-order valence-corrected chi connectivity index (χ4v) is 2.32. The smallest absolute Gasteiger partial charge is 0.234 e. The van der Waals surface area contributed by atoms with Crippen molar-refractivity contribution in [2.45, 2.75) is 19.1 Å². The number of rotatable bonds is 4. The first kappa shape index (κ1) is 12.2. The molecular weight excluding hydrogens is 240 g/mol. The minimum Gasteiger partial charge on any atom is -0.485 e. The van der Waals surface area contributed by atoms with Crippen molar-refractivity contribution in [3.63, 3.8) is 0 Å². The number of hydrogen-bond acceptors (Lipinski definition) is 5. The second-order valence-electron chi connectivity index (χ2n) is 4.17. The Morgan fingerprint density at radius 2 is 2.35 bits per heavy atom. The summed E-state index contributed by atoms with van der Waals surface area (Å²) in [6.07, 6.45) is -0.0658. The lowest BCUT2D eigenvalue weighted by Crippen LogP contribution is -2.47. The lowest BCUT2D eigenvalue weighted by molar-refractivity contribution is -0.122. The summed E-state index contributed by atoms with van der Waals surface area (Å²) in [7, 11) is 1.85. The van der Waals surface area contributed by atoms with Crippen LogP contribution < -0.4 is 15.2 Å². The Labute approximate surface area is 104 Å². The summed E-state index contributed by atoms with van der Waals surface area (Å²) in [6, 6.07) is -0.303. The van der Waals surface area contributed by atoms with E-state index in [9.17, 15) is 4.79 Å². The zero-order valence-electron chi connectivity index (χ0n) is 9.88. The molecule has 0 saturated heterocycles. The predicted octanol–water partition coefficient (Wildman–Crippen LogP) is 0.694. The topological polar surface area (TPSA) is 64.8 Å². The van der Waals surface area contributed by atoms with Crippen LogP contribution in [0.5, 0.6) is 11.5 Å². The Morgan fingerprint density at radius 1 is 1.65 bits per heavy atom. The van der Waals surface area contributed by atoms with E-state index in [0.717, 1.165) is 11.5 Å². The fraction of sp³-hybridized carbons (Fsp3) is 0.545. The Kier molecular flexibility index (Phi) is 3.54. The van der Waals surface area contributed by atoms with Gasteiger partial charge in [0.2, 0.25) is 5.91 Å². The van der Waals surface area contributed by atoms with Gasteiger partial charge in [0, 0.05) is 17.3 Å². The summed E-state index contributed by atoms with van der Waals surface area (Å²) < 4.78 is 11.3. The number of primary amides is 1. The highest BCUT2D eigenvalue weighted by Gasteiger charge is 2.25. The molecule has 0 radical (unpaired) electrons. The van der Waals surface area contributed by atoms with Gasteiger partial charge in [-0.1, -0.05) is 0 Å². The summed E-state index contributed by atoms with van der Waals surface area (Å²) in [5.41, 5.74) is 5.25. The molecule has 1 unspecified atom stereocenters. The van der Waals surface area contributed by atoms with Gasteiger partial charge in [0.25, 0.3) is 0 Å². The molecule has 94 valence electrons. The van der Waals surface area contributed by atoms with Crippen LogP contribution in [0, 0.1) is 0 Å². The van der Waals surface area contributed by atoms with E-state index >= 15 is 0 Å². The number of thiophene rings is 1. The number of nitrogens with zero attached hydrogens (tertiary/aromatic N) is 1. The molecule has 0 aliphatic carbocycles. The van der Waals surface area contributed by atoms with Crippen LogP contribution in [0.2, 0.25) is 0 Å². The standard InChI is InChI=1S/C11H16N2O3S/c1-7(11(12)14)13(2)3-8-4-15-9-5-17-6-10(9)16-8/h5-8H,3-4H2,1-2H3,(H2,12,14)/t7-,8?/m1/s1. The van der Waals surface area contributed by atoms with E-state index in [2.05, 4.69) is 0 Å². The number of ether oxygens (including phenoxy) is 2. The van der Waals surface area contributed by atoms with Crippen molar-refractivity contribution in [3.8, 4) is 11.5 Å². The average molecular weight is 256 g/mol. The zero-order chi connectivity index (χ0) is 12.4. The van der Waals surface area contributed by atoms with Gasteiger partial charge in [-0.05, 0) is 14.0 Å². The molecule has 1 aliphatic heterocycles. The molecule has 1 aromatic rings. The Balaban J connectivity index is 1.91. The monoisotopic (exact) mass is 256 g/mol. The van der Waals surface area contributed by atoms with Crippen molar-refractivity contribution in [3.05, 3.63) is 10.8 Å². The number of nitrogens with two attached hydrogens (primary N) is 1. The van der Waals surface area contributed by atoms with Gasteiger partial charge in [-0.3, -0.25) is 9.69 Å². The second kappa shape index (κ2) is 4.93. The van der Waals surface area contributed by atoms with Gasteiger partial charge in [-0.25, -0.2) is 0 Å². The molecule has 2 heterocycles. The van der Waals surface area contributed by atoms with E-state index in [1.54, 1.807) is 18.3 Å². The van der Waals surface area contributed by atoms with Crippen LogP contribution >= 0.6 is 11.3 Å². The third-order valence-corrected chi connectivity index (χ3v) is 3.58. The van der Waals surface area contributed by atoms with Crippen molar-refractivity contribution < 1.29 is 14.3 Å². The molecule has 1 aromatic heterocycles. The Bertz CT molecular complexity index is 407. The van der Waals surface area contributed by atoms with Gasteiger partial charge < -0.3 is 15.2 Å². The maximum atomic E-state index is 11.0. The van der Waals surface area contributed by atoms with E-state index in [-0.39, 0.29) is 18.1 Å². The van der Waals surface area contributed by atoms with Crippen LogP contribution in [0.3, 0.4) is 0 Å². The molecule has 0 spiro atoms. The molecule has 2 atom stereocenters. The number of likely N-dealkylation sites (N-methyl/N-ethyl adjacent to an activating group) is 1. The molecule has 17 heavy (non-hydrogen) atoms. The van der Waals surface area contributed by atoms with Crippen LogP contribution in [-0.2, 0) is 4.79 Å². The summed E-state index contributed by atoms with van der Waals surface area (Å²) in [4.78, 5) is 12.9. The fourth-order valence-electron chi connectivity index (χ4n) is 1.65. The molecule has 1 aliphatic rings. The van der Waals surface area contributed by atoms with Crippen LogP contribution in [0.15, 0.2) is 10.8 Å². The SMILES string of the molecule is C[C@H](C(N)=O)N(C)CC1COc2cscc2O1. The van der Waals surface area contributed by atoms with E-state index in [0.29, 0.717) is 13.2 Å². The van der Waals surface area contributed by atoms with Gasteiger partial charge >= 0.3 is 0 Å². The van der Waals surface area contributed by atoms with Crippen molar-refractivity contribution in [1.82, 2.24) is 4.90 Å². The average Bonchev–Trinajstić information content (AvgIpc) is 2.74. The van der Waals surface area contributed by atoms with E-state index in [1.165, 1.54) is 0 Å². The second-order valence-corrected chi connectivity index (χ2v) is 4.91. The van der Waals surface area contributed by atoms with E-state index < -0.39 is 0 Å². The Hall–Kier alpha value is -1.27. The molecule has 0 fully saturated rings. The number of hydrogen-bond donors (Lipinski definition) is 1. The van der Waals surface area contributed by atoms with Gasteiger partial charge in [0.05, 0.1) is 6.04 Å². The number of carbonyl (C=O) groups is 1. The molecular formula is C11H16N2O3S. The number of carbonyl (C=O) groups excluding carboxylic acids is 1. The highest BCUT2D eigenvalue weighted by molar-refractivity contribution is 7.08. The van der Waals surface area contributed by atoms with E-state index in [4.69, 9.17) is 15.2 Å². The summed E-state index contributed by atoms with van der Waals surface area (Å²) in [6.45, 7) is 2.89. The molecule has 0 bridgehead atoms. The molecule has 5 nitrogen and oxygen atoms in total. The largest absolute Gasteiger partial charge is 0.485 e. The van der Waals surface area contributed by atoms with Gasteiger partial charge in [0.1, 0.15) is 12.7 Å². The first-order valence-corrected chi connectivity index (χ1v) is 6.37. The molecule has 6 heteroatoms. The quantitative estimate of drug-likeness (QED) is 0.861. The summed E-state index contributed by atoms with van der Waals surface area (Å²) in [5, 5.41) is 3.83. The number of fused-ring (bicyclic) bond motifs is 1. The van der Waals surface area contributed by atoms with Crippen molar-refractivity contribution in [2.75, 3.05) is 20.2 Å². The minimum absolute atomic E-state index is 0.0658. The zero-order valence-corrected chi connectivity index (χ0v) is 10.7. The Morgan fingerprint density at radius 3 is 3.06 bits per heavy atom. The van der Waals surface area contributed by atoms with Gasteiger partial charge in [-0.2, -0.15) is 0 Å². The van der Waals surface area contributed by atoms with Gasteiger partial charge in [-0.15, -0.1) is 11.3 Å². The van der Waals surface area contributed by atoms with Crippen molar-refractivity contribution >= 4 is 17.2 Å². The predicted molar refractivity (Wildman–Crippen MR) is 65.5 cm³/mol. The highest BCUT2D eigenvalue weighted by Crippen LogP contribution is 2.35. The molecule has 0 aromatic carbocycles. The van der Waals surface area contributed by atoms with E-state index in [1.807, 2.05) is 22.7 Å². The van der Waals surface area contributed by atoms with Crippen LogP contribution in [0.4, 0.5) is 0 Å². The first-order chi connectivity index (χ1) is 8.08. The summed E-state index contributed by atoms with van der Waals surface area (Å²) >= 11 is 1.55. The van der Waals surface area contributed by atoms with Crippen LogP contribution in [0.1, 0.15) is 6.92 Å². The third-order valence-electron chi connectivity index (χ3n) is 2.88. The summed E-state index contributed by atoms with van der Waals surface area (Å²) in [5.74, 6) is 1.25.